The van der Waals surface area contributed by atoms with Crippen molar-refractivity contribution in [3.8, 4) is 11.5 Å². The van der Waals surface area contributed by atoms with E-state index in [0.717, 1.165) is 56.5 Å². The van der Waals surface area contributed by atoms with Gasteiger partial charge in [-0.05, 0) is 55.3 Å². The Labute approximate surface area is 162 Å². The lowest BCUT2D eigenvalue weighted by molar-refractivity contribution is 0.122. The Kier molecular flexibility index (Phi) is 7.22. The summed E-state index contributed by atoms with van der Waals surface area (Å²) in [5, 5.41) is 3.48. The van der Waals surface area contributed by atoms with Crippen molar-refractivity contribution in [1.29, 1.82) is 0 Å². The van der Waals surface area contributed by atoms with Crippen molar-refractivity contribution in [1.82, 2.24) is 0 Å². The summed E-state index contributed by atoms with van der Waals surface area (Å²) in [5.74, 6) is 1.63. The SMILES string of the molecule is CCCOc1ccc(CNc2ccc(N3CCOCC3)cc2)cc1OCC. The van der Waals surface area contributed by atoms with Crippen molar-refractivity contribution in [3.05, 3.63) is 48.0 Å². The molecule has 1 aliphatic heterocycles. The third-order valence-corrected chi connectivity index (χ3v) is 4.51. The van der Waals surface area contributed by atoms with Crippen LogP contribution in [0, 0.1) is 0 Å². The molecule has 2 aromatic carbocycles. The highest BCUT2D eigenvalue weighted by atomic mass is 16.5. The monoisotopic (exact) mass is 370 g/mol. The molecule has 1 N–H and O–H groups in total. The summed E-state index contributed by atoms with van der Waals surface area (Å²) in [6.45, 7) is 9.69. The fraction of sp³-hybridized carbons (Fsp3) is 0.455. The van der Waals surface area contributed by atoms with Gasteiger partial charge in [0.2, 0.25) is 0 Å². The highest BCUT2D eigenvalue weighted by Crippen LogP contribution is 2.29. The number of benzene rings is 2. The zero-order valence-electron chi connectivity index (χ0n) is 16.4. The highest BCUT2D eigenvalue weighted by molar-refractivity contribution is 5.55. The molecule has 0 aromatic heterocycles. The van der Waals surface area contributed by atoms with Gasteiger partial charge in [-0.3, -0.25) is 0 Å². The molecular formula is C22H30N2O3. The Bertz CT molecular complexity index is 697. The van der Waals surface area contributed by atoms with Crippen LogP contribution in [0.15, 0.2) is 42.5 Å². The summed E-state index contributed by atoms with van der Waals surface area (Å²) in [6.07, 6.45) is 0.981. The fourth-order valence-electron chi connectivity index (χ4n) is 3.08. The second-order valence-electron chi connectivity index (χ2n) is 6.56. The number of anilines is 2. The number of hydrogen-bond acceptors (Lipinski definition) is 5. The highest BCUT2D eigenvalue weighted by Gasteiger charge is 2.11. The third kappa shape index (κ3) is 5.54. The predicted molar refractivity (Wildman–Crippen MR) is 110 cm³/mol. The Morgan fingerprint density at radius 1 is 0.963 bits per heavy atom. The van der Waals surface area contributed by atoms with E-state index in [1.54, 1.807) is 0 Å². The van der Waals surface area contributed by atoms with Gasteiger partial charge in [0.15, 0.2) is 11.5 Å². The van der Waals surface area contributed by atoms with Crippen molar-refractivity contribution in [2.45, 2.75) is 26.8 Å². The smallest absolute Gasteiger partial charge is 0.161 e. The standard InChI is InChI=1S/C22H30N2O3/c1-3-13-27-21-10-5-18(16-22(21)26-4-2)17-23-19-6-8-20(9-7-19)24-11-14-25-15-12-24/h5-10,16,23H,3-4,11-15,17H2,1-2H3. The van der Waals surface area contributed by atoms with Gasteiger partial charge in [-0.1, -0.05) is 13.0 Å². The molecule has 1 fully saturated rings. The van der Waals surface area contributed by atoms with Crippen LogP contribution in [0.4, 0.5) is 11.4 Å². The first kappa shape index (κ1) is 19.4. The number of hydrogen-bond donors (Lipinski definition) is 1. The van der Waals surface area contributed by atoms with Crippen molar-refractivity contribution >= 4 is 11.4 Å². The zero-order chi connectivity index (χ0) is 18.9. The summed E-state index contributed by atoms with van der Waals surface area (Å²) >= 11 is 0. The molecule has 0 amide bonds. The molecule has 0 saturated carbocycles. The lowest BCUT2D eigenvalue weighted by atomic mass is 10.2. The first-order valence-electron chi connectivity index (χ1n) is 9.85. The molecular weight excluding hydrogens is 340 g/mol. The minimum Gasteiger partial charge on any atom is -0.490 e. The van der Waals surface area contributed by atoms with E-state index in [0.29, 0.717) is 13.2 Å². The second-order valence-corrected chi connectivity index (χ2v) is 6.56. The van der Waals surface area contributed by atoms with Crippen LogP contribution in [0.2, 0.25) is 0 Å². The van der Waals surface area contributed by atoms with E-state index < -0.39 is 0 Å². The molecule has 0 radical (unpaired) electrons. The zero-order valence-corrected chi connectivity index (χ0v) is 16.4. The van der Waals surface area contributed by atoms with Crippen molar-refractivity contribution in [2.24, 2.45) is 0 Å². The van der Waals surface area contributed by atoms with E-state index in [1.165, 1.54) is 11.3 Å². The number of morpholine rings is 1. The molecule has 1 heterocycles. The fourth-order valence-corrected chi connectivity index (χ4v) is 3.08. The van der Waals surface area contributed by atoms with Gasteiger partial charge in [0, 0.05) is 31.0 Å². The Hall–Kier alpha value is -2.40. The summed E-state index contributed by atoms with van der Waals surface area (Å²) < 4.78 is 16.9. The van der Waals surface area contributed by atoms with Crippen molar-refractivity contribution in [3.63, 3.8) is 0 Å². The maximum Gasteiger partial charge on any atom is 0.161 e. The van der Waals surface area contributed by atoms with Crippen LogP contribution in [0.25, 0.3) is 0 Å². The minimum atomic E-state index is 0.627. The molecule has 0 atom stereocenters. The Morgan fingerprint density at radius 3 is 2.44 bits per heavy atom. The average molecular weight is 370 g/mol. The first-order valence-corrected chi connectivity index (χ1v) is 9.85. The predicted octanol–water partition coefficient (Wildman–Crippen LogP) is 4.32. The van der Waals surface area contributed by atoms with Crippen molar-refractivity contribution < 1.29 is 14.2 Å². The van der Waals surface area contributed by atoms with E-state index in [2.05, 4.69) is 53.5 Å². The molecule has 0 spiro atoms. The third-order valence-electron chi connectivity index (χ3n) is 4.51. The summed E-state index contributed by atoms with van der Waals surface area (Å²) in [5.41, 5.74) is 3.52. The molecule has 146 valence electrons. The number of ether oxygens (including phenoxy) is 3. The van der Waals surface area contributed by atoms with Crippen LogP contribution >= 0.6 is 0 Å². The maximum absolute atomic E-state index is 5.77. The first-order chi connectivity index (χ1) is 13.3. The van der Waals surface area contributed by atoms with Crippen molar-refractivity contribution in [2.75, 3.05) is 49.7 Å². The molecule has 5 nitrogen and oxygen atoms in total. The van der Waals surface area contributed by atoms with Gasteiger partial charge in [0.25, 0.3) is 0 Å². The molecule has 5 heteroatoms. The van der Waals surface area contributed by atoms with Gasteiger partial charge in [0.05, 0.1) is 26.4 Å². The second kappa shape index (κ2) is 10.1. The summed E-state index contributed by atoms with van der Waals surface area (Å²) in [4.78, 5) is 2.36. The Morgan fingerprint density at radius 2 is 1.74 bits per heavy atom. The Balaban J connectivity index is 1.59. The lowest BCUT2D eigenvalue weighted by Gasteiger charge is -2.29. The van der Waals surface area contributed by atoms with Crippen LogP contribution in [0.5, 0.6) is 11.5 Å². The molecule has 1 aliphatic rings. The van der Waals surface area contributed by atoms with E-state index >= 15 is 0 Å². The van der Waals surface area contributed by atoms with Crippen LogP contribution in [-0.4, -0.2) is 39.5 Å². The topological polar surface area (TPSA) is 43.0 Å². The van der Waals surface area contributed by atoms with Gasteiger partial charge in [0.1, 0.15) is 0 Å². The van der Waals surface area contributed by atoms with Gasteiger partial charge in [-0.15, -0.1) is 0 Å². The number of rotatable bonds is 9. The molecule has 27 heavy (non-hydrogen) atoms. The van der Waals surface area contributed by atoms with E-state index in [9.17, 15) is 0 Å². The maximum atomic E-state index is 5.77. The number of nitrogens with one attached hydrogen (secondary N) is 1. The van der Waals surface area contributed by atoms with Crippen LogP contribution in [-0.2, 0) is 11.3 Å². The molecule has 0 aliphatic carbocycles. The van der Waals surface area contributed by atoms with Gasteiger partial charge < -0.3 is 24.4 Å². The molecule has 2 aromatic rings. The molecule has 3 rings (SSSR count). The lowest BCUT2D eigenvalue weighted by Crippen LogP contribution is -2.36. The molecule has 0 bridgehead atoms. The van der Waals surface area contributed by atoms with Gasteiger partial charge >= 0.3 is 0 Å². The summed E-state index contributed by atoms with van der Waals surface area (Å²) in [6, 6.07) is 14.7. The quantitative estimate of drug-likeness (QED) is 0.712. The van der Waals surface area contributed by atoms with E-state index in [4.69, 9.17) is 14.2 Å². The van der Waals surface area contributed by atoms with Gasteiger partial charge in [-0.2, -0.15) is 0 Å². The molecule has 1 saturated heterocycles. The number of nitrogens with zero attached hydrogens (tertiary/aromatic N) is 1. The van der Waals surface area contributed by atoms with Crippen LogP contribution < -0.4 is 19.7 Å². The molecule has 0 unspecified atom stereocenters. The van der Waals surface area contributed by atoms with Crippen LogP contribution in [0.3, 0.4) is 0 Å². The van der Waals surface area contributed by atoms with Crippen LogP contribution in [0.1, 0.15) is 25.8 Å². The normalized spacial score (nSPS) is 14.1. The summed E-state index contributed by atoms with van der Waals surface area (Å²) in [7, 11) is 0. The average Bonchev–Trinajstić information content (AvgIpc) is 2.73. The van der Waals surface area contributed by atoms with E-state index in [-0.39, 0.29) is 0 Å². The van der Waals surface area contributed by atoms with E-state index in [1.807, 2.05) is 13.0 Å². The minimum absolute atomic E-state index is 0.627. The largest absolute Gasteiger partial charge is 0.490 e. The van der Waals surface area contributed by atoms with Gasteiger partial charge in [-0.25, -0.2) is 0 Å².